The molecule has 366 valence electrons. The smallest absolute Gasteiger partial charge is 0.220 e. The van der Waals surface area contributed by atoms with Gasteiger partial charge in [-0.05, 0) is 83.5 Å². The lowest BCUT2D eigenvalue weighted by atomic mass is 9.99. The Morgan fingerprint density at radius 3 is 1.50 bits per heavy atom. The van der Waals surface area contributed by atoms with Crippen LogP contribution in [0.25, 0.3) is 0 Å². The number of carbonyl (C=O) groups excluding carboxylic acids is 1. The van der Waals surface area contributed by atoms with Gasteiger partial charge in [0.05, 0.1) is 25.4 Å². The third-order valence-electron chi connectivity index (χ3n) is 11.4. The Morgan fingerprint density at radius 2 is 0.984 bits per heavy atom. The van der Waals surface area contributed by atoms with E-state index in [2.05, 4.69) is 104 Å². The zero-order valence-electron chi connectivity index (χ0n) is 40.2. The monoisotopic (exact) mass is 896 g/mol. The number of hydrogen-bond acceptors (Lipinski definition) is 8. The van der Waals surface area contributed by atoms with E-state index in [0.717, 1.165) is 77.0 Å². The molecule has 1 fully saturated rings. The van der Waals surface area contributed by atoms with Gasteiger partial charge in [-0.25, -0.2) is 0 Å². The summed E-state index contributed by atoms with van der Waals surface area (Å²) in [5.41, 5.74) is 0. The lowest BCUT2D eigenvalue weighted by molar-refractivity contribution is -0.302. The minimum Gasteiger partial charge on any atom is -0.394 e. The van der Waals surface area contributed by atoms with Crippen molar-refractivity contribution >= 4 is 5.91 Å². The molecule has 1 amide bonds. The van der Waals surface area contributed by atoms with E-state index < -0.39 is 49.5 Å². The molecule has 0 aromatic rings. The summed E-state index contributed by atoms with van der Waals surface area (Å²) in [6.07, 6.45) is 56.2. The summed E-state index contributed by atoms with van der Waals surface area (Å²) < 4.78 is 11.2. The predicted molar refractivity (Wildman–Crippen MR) is 267 cm³/mol. The summed E-state index contributed by atoms with van der Waals surface area (Å²) >= 11 is 0. The van der Waals surface area contributed by atoms with E-state index in [1.165, 1.54) is 89.9 Å². The van der Waals surface area contributed by atoms with Gasteiger partial charge in [0.2, 0.25) is 5.91 Å². The topological polar surface area (TPSA) is 149 Å². The van der Waals surface area contributed by atoms with Gasteiger partial charge in [0.1, 0.15) is 24.4 Å². The molecule has 9 heteroatoms. The number of amides is 1. The molecule has 0 saturated carbocycles. The van der Waals surface area contributed by atoms with Crippen LogP contribution in [0.5, 0.6) is 0 Å². The first-order valence-corrected chi connectivity index (χ1v) is 25.5. The molecule has 1 aliphatic heterocycles. The summed E-state index contributed by atoms with van der Waals surface area (Å²) in [7, 11) is 0. The average Bonchev–Trinajstić information content (AvgIpc) is 3.29. The van der Waals surface area contributed by atoms with Gasteiger partial charge < -0.3 is 40.3 Å². The fourth-order valence-corrected chi connectivity index (χ4v) is 7.35. The maximum absolute atomic E-state index is 13.0. The molecule has 0 bridgehead atoms. The highest BCUT2D eigenvalue weighted by Gasteiger charge is 2.44. The van der Waals surface area contributed by atoms with Gasteiger partial charge in [-0.15, -0.1) is 0 Å². The molecule has 64 heavy (non-hydrogen) atoms. The molecule has 1 rings (SSSR count). The largest absolute Gasteiger partial charge is 0.394 e. The Labute approximate surface area is 390 Å². The molecule has 0 aromatic heterocycles. The zero-order chi connectivity index (χ0) is 46.6. The highest BCUT2D eigenvalue weighted by molar-refractivity contribution is 5.76. The molecule has 0 aliphatic carbocycles. The second kappa shape index (κ2) is 44.0. The number of allylic oxidation sites excluding steroid dienone is 15. The SMILES string of the molecule is CC/C=C\C/C=C\C/C=C\C/C=C\C/C=C\C/C=C\CCCCCCCCCCCCCCC(=O)NC(COC1OC(CO)C(O)C(O)C1O)C(O)/C=C/CC/C=C/CCCCCC. The van der Waals surface area contributed by atoms with Crippen LogP contribution >= 0.6 is 0 Å². The van der Waals surface area contributed by atoms with E-state index in [-0.39, 0.29) is 12.5 Å². The normalized spacial score (nSPS) is 20.9. The van der Waals surface area contributed by atoms with Crippen LogP contribution in [0.4, 0.5) is 0 Å². The van der Waals surface area contributed by atoms with E-state index in [1.807, 2.05) is 6.08 Å². The maximum Gasteiger partial charge on any atom is 0.220 e. The minimum atomic E-state index is -1.57. The summed E-state index contributed by atoms with van der Waals surface area (Å²) in [5.74, 6) is -0.196. The van der Waals surface area contributed by atoms with Gasteiger partial charge in [0, 0.05) is 6.42 Å². The number of aliphatic hydroxyl groups is 5. The van der Waals surface area contributed by atoms with Crippen LogP contribution in [-0.4, -0.2) is 87.5 Å². The zero-order valence-corrected chi connectivity index (χ0v) is 40.2. The van der Waals surface area contributed by atoms with Gasteiger partial charge in [-0.3, -0.25) is 4.79 Å². The number of aliphatic hydroxyl groups excluding tert-OH is 5. The van der Waals surface area contributed by atoms with E-state index in [0.29, 0.717) is 6.42 Å². The third-order valence-corrected chi connectivity index (χ3v) is 11.4. The molecule has 0 aromatic carbocycles. The van der Waals surface area contributed by atoms with Crippen LogP contribution < -0.4 is 5.32 Å². The standard InChI is InChI=1S/C55H93NO8/c1-3-5-7-9-11-13-15-16-17-18-19-20-21-22-23-24-25-26-27-28-29-30-31-32-33-34-35-37-39-41-43-45-51(59)56-48(47-63-55-54(62)53(61)52(60)50(46-57)64-55)49(58)44-42-40-38-36-14-12-10-8-6-4-2/h5,7,11,13-14,16-17,19-20,22-23,25-26,36,42,44,48-50,52-55,57-58,60-62H,3-4,6,8-10,12,15,18,21,24,27-35,37-41,43,45-47H2,1-2H3,(H,56,59)/b7-5-,13-11-,17-16-,20-19-,23-22-,26-25-,36-14+,44-42+. The first-order valence-electron chi connectivity index (χ1n) is 25.5. The first-order chi connectivity index (χ1) is 31.3. The van der Waals surface area contributed by atoms with Crippen molar-refractivity contribution in [2.45, 2.75) is 230 Å². The minimum absolute atomic E-state index is 0.196. The van der Waals surface area contributed by atoms with E-state index in [4.69, 9.17) is 9.47 Å². The molecule has 9 nitrogen and oxygen atoms in total. The van der Waals surface area contributed by atoms with Gasteiger partial charge in [0.25, 0.3) is 0 Å². The fourth-order valence-electron chi connectivity index (χ4n) is 7.35. The predicted octanol–water partition coefficient (Wildman–Crippen LogP) is 11.7. The van der Waals surface area contributed by atoms with Crippen molar-refractivity contribution in [1.82, 2.24) is 5.32 Å². The van der Waals surface area contributed by atoms with Crippen molar-refractivity contribution < 1.29 is 39.8 Å². The molecule has 0 radical (unpaired) electrons. The molecule has 7 atom stereocenters. The van der Waals surface area contributed by atoms with Crippen molar-refractivity contribution in [2.75, 3.05) is 13.2 Å². The summed E-state index contributed by atoms with van der Waals surface area (Å²) in [6, 6.07) is -0.826. The fraction of sp³-hybridized carbons (Fsp3) is 0.691. The highest BCUT2D eigenvalue weighted by Crippen LogP contribution is 2.22. The van der Waals surface area contributed by atoms with Crippen LogP contribution in [0.3, 0.4) is 0 Å². The quantitative estimate of drug-likeness (QED) is 0.0262. The summed E-state index contributed by atoms with van der Waals surface area (Å²) in [5, 5.41) is 54.1. The van der Waals surface area contributed by atoms with Crippen molar-refractivity contribution in [3.63, 3.8) is 0 Å². The van der Waals surface area contributed by atoms with Crippen LogP contribution in [-0.2, 0) is 14.3 Å². The van der Waals surface area contributed by atoms with E-state index >= 15 is 0 Å². The number of nitrogens with one attached hydrogen (secondary N) is 1. The Balaban J connectivity index is 2.18. The van der Waals surface area contributed by atoms with Crippen molar-refractivity contribution in [3.05, 3.63) is 97.2 Å². The van der Waals surface area contributed by atoms with Crippen LogP contribution in [0.2, 0.25) is 0 Å². The van der Waals surface area contributed by atoms with Gasteiger partial charge in [0.15, 0.2) is 6.29 Å². The molecule has 1 heterocycles. The van der Waals surface area contributed by atoms with Crippen LogP contribution in [0.1, 0.15) is 187 Å². The third kappa shape index (κ3) is 33.6. The lowest BCUT2D eigenvalue weighted by Gasteiger charge is -2.40. The highest BCUT2D eigenvalue weighted by atomic mass is 16.7. The number of hydrogen-bond donors (Lipinski definition) is 6. The first kappa shape index (κ1) is 59.1. The Bertz CT molecular complexity index is 1320. The van der Waals surface area contributed by atoms with Crippen LogP contribution in [0.15, 0.2) is 97.2 Å². The number of rotatable bonds is 41. The van der Waals surface area contributed by atoms with E-state index in [9.17, 15) is 30.3 Å². The summed E-state index contributed by atoms with van der Waals surface area (Å²) in [6.45, 7) is 3.59. The molecular weight excluding hydrogens is 803 g/mol. The molecular formula is C55H93NO8. The molecule has 1 aliphatic rings. The van der Waals surface area contributed by atoms with Gasteiger partial charge in [-0.2, -0.15) is 0 Å². The molecule has 7 unspecified atom stereocenters. The maximum atomic E-state index is 13.0. The molecule has 1 saturated heterocycles. The second-order valence-electron chi connectivity index (χ2n) is 17.2. The van der Waals surface area contributed by atoms with Crippen LogP contribution in [0, 0.1) is 0 Å². The lowest BCUT2D eigenvalue weighted by Crippen LogP contribution is -2.60. The van der Waals surface area contributed by atoms with Crippen molar-refractivity contribution in [1.29, 1.82) is 0 Å². The Hall–Kier alpha value is -2.89. The van der Waals surface area contributed by atoms with Gasteiger partial charge in [-0.1, -0.05) is 195 Å². The average molecular weight is 896 g/mol. The Morgan fingerprint density at radius 1 is 0.547 bits per heavy atom. The second-order valence-corrected chi connectivity index (χ2v) is 17.2. The Kier molecular flexibility index (Phi) is 40.6. The summed E-state index contributed by atoms with van der Waals surface area (Å²) in [4.78, 5) is 13.0. The van der Waals surface area contributed by atoms with E-state index in [1.54, 1.807) is 6.08 Å². The number of unbranched alkanes of at least 4 members (excludes halogenated alkanes) is 17. The molecule has 6 N–H and O–H groups in total. The van der Waals surface area contributed by atoms with Gasteiger partial charge >= 0.3 is 0 Å². The van der Waals surface area contributed by atoms with Crippen molar-refractivity contribution in [2.24, 2.45) is 0 Å². The number of ether oxygens (including phenoxy) is 2. The number of carbonyl (C=O) groups is 1. The molecule has 0 spiro atoms. The van der Waals surface area contributed by atoms with Crippen molar-refractivity contribution in [3.8, 4) is 0 Å².